The van der Waals surface area contributed by atoms with Crippen LogP contribution in [0.1, 0.15) is 28.3 Å². The summed E-state index contributed by atoms with van der Waals surface area (Å²) < 4.78 is 0. The molecule has 0 aromatic heterocycles. The van der Waals surface area contributed by atoms with Gasteiger partial charge in [0.15, 0.2) is 5.78 Å². The lowest BCUT2D eigenvalue weighted by Gasteiger charge is -2.07. The molecule has 0 aliphatic heterocycles. The Morgan fingerprint density at radius 1 is 1.38 bits per heavy atom. The van der Waals surface area contributed by atoms with Gasteiger partial charge in [0.2, 0.25) is 0 Å². The lowest BCUT2D eigenvalue weighted by atomic mass is 9.93. The summed E-state index contributed by atoms with van der Waals surface area (Å²) in [5.74, 6) is -0.201. The highest BCUT2D eigenvalue weighted by molar-refractivity contribution is 6.02. The van der Waals surface area contributed by atoms with Gasteiger partial charge in [-0.2, -0.15) is 10.5 Å². The lowest BCUT2D eigenvalue weighted by Crippen LogP contribution is -1.97. The van der Waals surface area contributed by atoms with E-state index < -0.39 is 0 Å². The highest BCUT2D eigenvalue weighted by Gasteiger charge is 2.31. The molecule has 2 rings (SSSR count). The van der Waals surface area contributed by atoms with Crippen LogP contribution in [0.25, 0.3) is 0 Å². The van der Waals surface area contributed by atoms with E-state index in [1.54, 1.807) is 12.1 Å². The van der Waals surface area contributed by atoms with Gasteiger partial charge in [-0.05, 0) is 5.56 Å². The highest BCUT2D eigenvalue weighted by Crippen LogP contribution is 2.37. The molecule has 0 spiro atoms. The van der Waals surface area contributed by atoms with Crippen LogP contribution >= 0.6 is 0 Å². The Hall–Kier alpha value is -2.39. The van der Waals surface area contributed by atoms with Crippen LogP contribution in [0, 0.1) is 22.7 Å². The van der Waals surface area contributed by atoms with Gasteiger partial charge in [0.25, 0.3) is 0 Å². The molecule has 76 valence electrons. The zero-order chi connectivity index (χ0) is 11.5. The molecule has 0 radical (unpaired) electrons. The monoisotopic (exact) mass is 208 g/mol. The second-order valence-corrected chi connectivity index (χ2v) is 3.61. The molecule has 0 saturated carbocycles. The van der Waals surface area contributed by atoms with Crippen LogP contribution in [-0.2, 0) is 0 Å². The summed E-state index contributed by atoms with van der Waals surface area (Å²) in [6.45, 7) is 0. The number of allylic oxidation sites excluding steroid dienone is 2. The lowest BCUT2D eigenvalue weighted by molar-refractivity contribution is 0.0991. The maximum absolute atomic E-state index is 11.7. The molecule has 0 amide bonds. The number of benzene rings is 1. The van der Waals surface area contributed by atoms with E-state index in [0.29, 0.717) is 17.6 Å². The maximum atomic E-state index is 11.7. The van der Waals surface area contributed by atoms with Gasteiger partial charge in [-0.25, -0.2) is 0 Å². The Morgan fingerprint density at radius 2 is 2.12 bits per heavy atom. The minimum atomic E-state index is -0.242. The van der Waals surface area contributed by atoms with Crippen molar-refractivity contribution in [3.63, 3.8) is 0 Å². The third-order valence-corrected chi connectivity index (χ3v) is 2.75. The molecule has 1 unspecified atom stereocenters. The van der Waals surface area contributed by atoms with E-state index in [9.17, 15) is 4.79 Å². The molecule has 0 saturated heterocycles. The summed E-state index contributed by atoms with van der Waals surface area (Å²) >= 11 is 0. The van der Waals surface area contributed by atoms with Gasteiger partial charge in [-0.1, -0.05) is 24.3 Å². The summed E-state index contributed by atoms with van der Waals surface area (Å²) in [4.78, 5) is 11.7. The Labute approximate surface area is 93.2 Å². The van der Waals surface area contributed by atoms with E-state index in [-0.39, 0.29) is 11.7 Å². The fourth-order valence-electron chi connectivity index (χ4n) is 2.02. The molecular formula is C13H8N2O. The number of ketones is 1. The second kappa shape index (κ2) is 4.00. The second-order valence-electron chi connectivity index (χ2n) is 3.61. The molecule has 0 N–H and O–H groups in total. The highest BCUT2D eigenvalue weighted by atomic mass is 16.1. The summed E-state index contributed by atoms with van der Waals surface area (Å²) in [7, 11) is 0. The third-order valence-electron chi connectivity index (χ3n) is 2.75. The molecule has 3 nitrogen and oxygen atoms in total. The van der Waals surface area contributed by atoms with Crippen LogP contribution in [0.4, 0.5) is 0 Å². The van der Waals surface area contributed by atoms with Gasteiger partial charge >= 0.3 is 0 Å². The predicted molar refractivity (Wildman–Crippen MR) is 57.4 cm³/mol. The molecule has 0 bridgehead atoms. The first-order chi connectivity index (χ1) is 7.77. The smallest absolute Gasteiger partial charge is 0.164 e. The molecule has 1 aliphatic rings. The largest absolute Gasteiger partial charge is 0.294 e. The number of hydrogen-bond acceptors (Lipinski definition) is 3. The van der Waals surface area contributed by atoms with Crippen molar-refractivity contribution in [1.82, 2.24) is 0 Å². The summed E-state index contributed by atoms with van der Waals surface area (Å²) in [5.41, 5.74) is 1.89. The fourth-order valence-corrected chi connectivity index (χ4v) is 2.02. The molecule has 1 aromatic carbocycles. The number of carbonyl (C=O) groups is 1. The van der Waals surface area contributed by atoms with E-state index in [2.05, 4.69) is 0 Å². The van der Waals surface area contributed by atoms with Crippen molar-refractivity contribution in [2.75, 3.05) is 0 Å². The van der Waals surface area contributed by atoms with Gasteiger partial charge in [-0.3, -0.25) is 4.79 Å². The summed E-state index contributed by atoms with van der Waals surface area (Å²) in [6, 6.07) is 11.1. The van der Waals surface area contributed by atoms with Crippen molar-refractivity contribution in [2.45, 2.75) is 12.3 Å². The van der Waals surface area contributed by atoms with Crippen molar-refractivity contribution < 1.29 is 4.79 Å². The third kappa shape index (κ3) is 1.49. The van der Waals surface area contributed by atoms with Crippen molar-refractivity contribution in [3.05, 3.63) is 47.0 Å². The van der Waals surface area contributed by atoms with Crippen LogP contribution in [-0.4, -0.2) is 5.78 Å². The summed E-state index contributed by atoms with van der Waals surface area (Å²) in [5, 5.41) is 17.5. The van der Waals surface area contributed by atoms with Gasteiger partial charge in [-0.15, -0.1) is 0 Å². The van der Waals surface area contributed by atoms with E-state index in [1.165, 1.54) is 6.08 Å². The average Bonchev–Trinajstić information content (AvgIpc) is 2.65. The van der Waals surface area contributed by atoms with E-state index in [0.717, 1.165) is 5.56 Å². The Balaban J connectivity index is 2.50. The predicted octanol–water partition coefficient (Wildman–Crippen LogP) is 2.33. The molecule has 1 atom stereocenters. The number of nitriles is 2. The first kappa shape index (κ1) is 10.1. The van der Waals surface area contributed by atoms with Crippen molar-refractivity contribution in [3.8, 4) is 12.1 Å². The van der Waals surface area contributed by atoms with Crippen molar-refractivity contribution in [2.24, 2.45) is 0 Å². The van der Waals surface area contributed by atoms with Crippen LogP contribution in [0.2, 0.25) is 0 Å². The van der Waals surface area contributed by atoms with Gasteiger partial charge in [0.05, 0.1) is 12.1 Å². The quantitative estimate of drug-likeness (QED) is 0.665. The van der Waals surface area contributed by atoms with E-state index in [4.69, 9.17) is 10.5 Å². The topological polar surface area (TPSA) is 64.7 Å². The SMILES string of the molecule is N#C/C=C(/C#N)C1CC(=O)c2ccccc21. The molecule has 0 heterocycles. The standard InChI is InChI=1S/C13H8N2O/c14-6-5-9(8-15)12-7-13(16)11-4-2-1-3-10(11)12/h1-5,12H,7H2/b9-5-. The molecular weight excluding hydrogens is 200 g/mol. The Bertz CT molecular complexity index is 558. The molecule has 1 aromatic rings. The average molecular weight is 208 g/mol. The van der Waals surface area contributed by atoms with Crippen LogP contribution < -0.4 is 0 Å². The van der Waals surface area contributed by atoms with E-state index >= 15 is 0 Å². The number of rotatable bonds is 1. The fraction of sp³-hybridized carbons (Fsp3) is 0.154. The molecule has 3 heteroatoms. The Kier molecular flexibility index (Phi) is 2.54. The zero-order valence-electron chi connectivity index (χ0n) is 8.47. The number of Topliss-reactive ketones (excluding diaryl/α,β-unsaturated/α-hetero) is 1. The Morgan fingerprint density at radius 3 is 2.81 bits per heavy atom. The van der Waals surface area contributed by atoms with Crippen LogP contribution in [0.5, 0.6) is 0 Å². The number of hydrogen-bond donors (Lipinski definition) is 0. The molecule has 16 heavy (non-hydrogen) atoms. The first-order valence-electron chi connectivity index (χ1n) is 4.90. The zero-order valence-corrected chi connectivity index (χ0v) is 8.47. The van der Waals surface area contributed by atoms with Gasteiger partial charge < -0.3 is 0 Å². The van der Waals surface area contributed by atoms with Gasteiger partial charge in [0.1, 0.15) is 0 Å². The first-order valence-corrected chi connectivity index (χ1v) is 4.90. The van der Waals surface area contributed by atoms with Crippen molar-refractivity contribution in [1.29, 1.82) is 10.5 Å². The number of fused-ring (bicyclic) bond motifs is 1. The maximum Gasteiger partial charge on any atom is 0.164 e. The summed E-state index contributed by atoms with van der Waals surface area (Å²) in [6.07, 6.45) is 1.51. The van der Waals surface area contributed by atoms with E-state index in [1.807, 2.05) is 24.3 Å². The number of carbonyl (C=O) groups excluding carboxylic acids is 1. The van der Waals surface area contributed by atoms with Crippen molar-refractivity contribution >= 4 is 5.78 Å². The van der Waals surface area contributed by atoms with Crippen LogP contribution in [0.3, 0.4) is 0 Å². The normalized spacial score (nSPS) is 18.8. The minimum absolute atomic E-state index is 0.0414. The van der Waals surface area contributed by atoms with Crippen LogP contribution in [0.15, 0.2) is 35.9 Å². The number of nitrogens with zero attached hydrogens (tertiary/aromatic N) is 2. The minimum Gasteiger partial charge on any atom is -0.294 e. The van der Waals surface area contributed by atoms with Gasteiger partial charge in [0, 0.05) is 29.6 Å². The molecule has 0 fully saturated rings. The molecule has 1 aliphatic carbocycles.